The molecule has 0 aliphatic carbocycles. The number of nitrogens with one attached hydrogen (secondary N) is 2. The largest absolute Gasteiger partial charge is 0.346 e. The molecule has 1 heterocycles. The summed E-state index contributed by atoms with van der Waals surface area (Å²) in [5.74, 6) is -0.871. The van der Waals surface area contributed by atoms with Crippen LogP contribution in [-0.4, -0.2) is 11.8 Å². The Balaban J connectivity index is 1.56. The Hall–Kier alpha value is -3.25. The fourth-order valence-corrected chi connectivity index (χ4v) is 3.17. The zero-order chi connectivity index (χ0) is 19.9. The molecule has 0 spiro atoms. The molecule has 1 unspecified atom stereocenters. The van der Waals surface area contributed by atoms with E-state index in [9.17, 15) is 14.0 Å². The van der Waals surface area contributed by atoms with Crippen LogP contribution in [0.15, 0.2) is 72.1 Å². The molecule has 0 aliphatic heterocycles. The number of amides is 2. The molecular weight excluding hydrogens is 375 g/mol. The molecule has 2 N–H and O–H groups in total. The average molecular weight is 394 g/mol. The van der Waals surface area contributed by atoms with Crippen molar-refractivity contribution in [3.05, 3.63) is 93.9 Å². The van der Waals surface area contributed by atoms with Crippen molar-refractivity contribution in [2.24, 2.45) is 0 Å². The fraction of sp³-hybridized carbons (Fsp3) is 0.0909. The van der Waals surface area contributed by atoms with E-state index in [1.807, 2.05) is 36.6 Å². The summed E-state index contributed by atoms with van der Waals surface area (Å²) in [5.41, 5.74) is 1.91. The molecule has 28 heavy (non-hydrogen) atoms. The van der Waals surface area contributed by atoms with Gasteiger partial charge < -0.3 is 10.6 Å². The molecule has 0 fully saturated rings. The maximum Gasteiger partial charge on any atom is 0.255 e. The molecule has 2 aromatic carbocycles. The van der Waals surface area contributed by atoms with Crippen LogP contribution in [0.4, 0.5) is 10.1 Å². The van der Waals surface area contributed by atoms with Crippen molar-refractivity contribution in [2.75, 3.05) is 5.32 Å². The molecule has 0 aliphatic rings. The van der Waals surface area contributed by atoms with Gasteiger partial charge in [-0.25, -0.2) is 4.39 Å². The predicted octanol–water partition coefficient (Wildman–Crippen LogP) is 5.03. The van der Waals surface area contributed by atoms with Crippen molar-refractivity contribution in [3.8, 4) is 0 Å². The second-order valence-corrected chi connectivity index (χ2v) is 7.14. The molecule has 3 rings (SSSR count). The molecule has 1 atom stereocenters. The van der Waals surface area contributed by atoms with Gasteiger partial charge >= 0.3 is 0 Å². The van der Waals surface area contributed by atoms with Crippen LogP contribution in [0.2, 0.25) is 0 Å². The third-order valence-electron chi connectivity index (χ3n) is 4.08. The highest BCUT2D eigenvalue weighted by atomic mass is 32.1. The van der Waals surface area contributed by atoms with Crippen LogP contribution < -0.4 is 10.6 Å². The molecule has 3 aromatic rings. The molecule has 6 heteroatoms. The first kappa shape index (κ1) is 19.5. The van der Waals surface area contributed by atoms with Gasteiger partial charge in [0, 0.05) is 22.2 Å². The van der Waals surface area contributed by atoms with E-state index in [0.29, 0.717) is 11.3 Å². The van der Waals surface area contributed by atoms with Gasteiger partial charge in [-0.1, -0.05) is 18.2 Å². The van der Waals surface area contributed by atoms with Crippen LogP contribution in [0.25, 0.3) is 6.08 Å². The monoisotopic (exact) mass is 394 g/mol. The number of hydrogen-bond acceptors (Lipinski definition) is 3. The lowest BCUT2D eigenvalue weighted by Crippen LogP contribution is -2.24. The van der Waals surface area contributed by atoms with E-state index in [-0.39, 0.29) is 23.7 Å². The van der Waals surface area contributed by atoms with E-state index in [1.165, 1.54) is 30.3 Å². The predicted molar refractivity (Wildman–Crippen MR) is 111 cm³/mol. The number of rotatable bonds is 6. The van der Waals surface area contributed by atoms with Crippen molar-refractivity contribution < 1.29 is 14.0 Å². The SMILES string of the molecule is CC(NC(=O)C=Cc1cccs1)c1ccc(NC(=O)c2ccc(F)cc2)cc1. The summed E-state index contributed by atoms with van der Waals surface area (Å²) in [6.45, 7) is 1.89. The normalized spacial score (nSPS) is 11.9. The first-order valence-corrected chi connectivity index (χ1v) is 9.58. The summed E-state index contributed by atoms with van der Waals surface area (Å²) < 4.78 is 12.9. The number of anilines is 1. The number of thiophene rings is 1. The van der Waals surface area contributed by atoms with Gasteiger partial charge in [-0.2, -0.15) is 0 Å². The summed E-state index contributed by atoms with van der Waals surface area (Å²) in [6.07, 6.45) is 3.29. The van der Waals surface area contributed by atoms with Crippen LogP contribution >= 0.6 is 11.3 Å². The second-order valence-electron chi connectivity index (χ2n) is 6.16. The Kier molecular flexibility index (Phi) is 6.34. The number of carbonyl (C=O) groups excluding carboxylic acids is 2. The van der Waals surface area contributed by atoms with Gasteiger partial charge in [0.25, 0.3) is 5.91 Å². The van der Waals surface area contributed by atoms with Crippen LogP contribution in [0.3, 0.4) is 0 Å². The first-order valence-electron chi connectivity index (χ1n) is 8.70. The Morgan fingerprint density at radius 3 is 2.39 bits per heavy atom. The van der Waals surface area contributed by atoms with E-state index >= 15 is 0 Å². The minimum absolute atomic E-state index is 0.172. The molecule has 0 saturated heterocycles. The summed E-state index contributed by atoms with van der Waals surface area (Å²) in [5, 5.41) is 7.62. The average Bonchev–Trinajstić information content (AvgIpc) is 3.21. The maximum atomic E-state index is 12.9. The number of carbonyl (C=O) groups is 2. The maximum absolute atomic E-state index is 12.9. The van der Waals surface area contributed by atoms with Gasteiger partial charge in [-0.15, -0.1) is 11.3 Å². The van der Waals surface area contributed by atoms with E-state index in [0.717, 1.165) is 10.4 Å². The molecule has 0 bridgehead atoms. The van der Waals surface area contributed by atoms with Gasteiger partial charge in [-0.3, -0.25) is 9.59 Å². The van der Waals surface area contributed by atoms with Crippen LogP contribution in [0.5, 0.6) is 0 Å². The second kappa shape index (κ2) is 9.10. The number of benzene rings is 2. The summed E-state index contributed by atoms with van der Waals surface area (Å²) in [6, 6.07) is 16.3. The summed E-state index contributed by atoms with van der Waals surface area (Å²) in [4.78, 5) is 25.2. The lowest BCUT2D eigenvalue weighted by Gasteiger charge is -2.14. The van der Waals surface area contributed by atoms with E-state index in [1.54, 1.807) is 29.5 Å². The Labute approximate surface area is 166 Å². The molecule has 142 valence electrons. The van der Waals surface area contributed by atoms with Crippen molar-refractivity contribution in [2.45, 2.75) is 13.0 Å². The lowest BCUT2D eigenvalue weighted by atomic mass is 10.1. The van der Waals surface area contributed by atoms with Crippen molar-refractivity contribution in [1.82, 2.24) is 5.32 Å². The molecule has 1 aromatic heterocycles. The Morgan fingerprint density at radius 2 is 1.75 bits per heavy atom. The van der Waals surface area contributed by atoms with Crippen molar-refractivity contribution in [1.29, 1.82) is 0 Å². The van der Waals surface area contributed by atoms with E-state index < -0.39 is 0 Å². The first-order chi connectivity index (χ1) is 13.5. The zero-order valence-corrected chi connectivity index (χ0v) is 16.0. The summed E-state index contributed by atoms with van der Waals surface area (Å²) >= 11 is 1.57. The molecule has 2 amide bonds. The topological polar surface area (TPSA) is 58.2 Å². The van der Waals surface area contributed by atoms with Gasteiger partial charge in [0.15, 0.2) is 0 Å². The fourth-order valence-electron chi connectivity index (χ4n) is 2.55. The van der Waals surface area contributed by atoms with Gasteiger partial charge in [-0.05, 0) is 66.4 Å². The minimum atomic E-state index is -0.387. The van der Waals surface area contributed by atoms with Gasteiger partial charge in [0.2, 0.25) is 5.91 Å². The molecular formula is C22H19FN2O2S. The van der Waals surface area contributed by atoms with Gasteiger partial charge in [0.1, 0.15) is 5.82 Å². The third kappa shape index (κ3) is 5.37. The highest BCUT2D eigenvalue weighted by Gasteiger charge is 2.09. The summed E-state index contributed by atoms with van der Waals surface area (Å²) in [7, 11) is 0. The molecule has 0 saturated carbocycles. The smallest absolute Gasteiger partial charge is 0.255 e. The zero-order valence-electron chi connectivity index (χ0n) is 15.2. The van der Waals surface area contributed by atoms with Crippen LogP contribution in [-0.2, 0) is 4.79 Å². The quantitative estimate of drug-likeness (QED) is 0.576. The number of halogens is 1. The molecule has 0 radical (unpaired) electrons. The lowest BCUT2D eigenvalue weighted by molar-refractivity contribution is -0.117. The van der Waals surface area contributed by atoms with E-state index in [2.05, 4.69) is 10.6 Å². The highest BCUT2D eigenvalue weighted by Crippen LogP contribution is 2.17. The molecule has 4 nitrogen and oxygen atoms in total. The van der Waals surface area contributed by atoms with Crippen molar-refractivity contribution >= 4 is 34.9 Å². The third-order valence-corrected chi connectivity index (χ3v) is 4.91. The Morgan fingerprint density at radius 1 is 1.04 bits per heavy atom. The van der Waals surface area contributed by atoms with Gasteiger partial charge in [0.05, 0.1) is 6.04 Å². The Bertz CT molecular complexity index is 965. The minimum Gasteiger partial charge on any atom is -0.346 e. The van der Waals surface area contributed by atoms with Crippen LogP contribution in [0, 0.1) is 5.82 Å². The standard InChI is InChI=1S/C22H19FN2O2S/c1-15(24-21(26)13-12-20-3-2-14-28-20)16-6-10-19(11-7-16)25-22(27)17-4-8-18(23)9-5-17/h2-15H,1H3,(H,24,26)(H,25,27). The van der Waals surface area contributed by atoms with Crippen LogP contribution in [0.1, 0.15) is 33.8 Å². The number of hydrogen-bond donors (Lipinski definition) is 2. The van der Waals surface area contributed by atoms with Crippen molar-refractivity contribution in [3.63, 3.8) is 0 Å². The van der Waals surface area contributed by atoms with E-state index in [4.69, 9.17) is 0 Å². The highest BCUT2D eigenvalue weighted by molar-refractivity contribution is 7.10.